The van der Waals surface area contributed by atoms with Gasteiger partial charge in [0, 0.05) is 17.3 Å². The predicted molar refractivity (Wildman–Crippen MR) is 143 cm³/mol. The predicted octanol–water partition coefficient (Wildman–Crippen LogP) is 6.50. The Balaban J connectivity index is 1.57. The van der Waals surface area contributed by atoms with E-state index in [1.54, 1.807) is 37.3 Å². The second kappa shape index (κ2) is 9.74. The molecule has 5 nitrogen and oxygen atoms in total. The molecule has 0 radical (unpaired) electrons. The lowest BCUT2D eigenvalue weighted by Crippen LogP contribution is -2.46. The van der Waals surface area contributed by atoms with Crippen molar-refractivity contribution in [1.29, 1.82) is 0 Å². The van der Waals surface area contributed by atoms with Gasteiger partial charge in [0.15, 0.2) is 21.5 Å². The highest BCUT2D eigenvalue weighted by atomic mass is 35.5. The standard InChI is InChI=1S/C29H28ClF2NO4S/c1-16-10-18-11-20(13-23(16)29(18,2)35)38(36,37)27-15-22(21(14-24(27)30)17-6-4-3-5-7-17)28(34)33-19-8-9-25(31)26(32)12-19/h3-9,12,14-16,18,20,23,35H,10-11,13H2,1-2H3,(H,33,34)/t16-,18?,20?,23?,29+/m0/s1. The zero-order valence-electron chi connectivity index (χ0n) is 20.9. The summed E-state index contributed by atoms with van der Waals surface area (Å²) >= 11 is 6.58. The zero-order valence-corrected chi connectivity index (χ0v) is 22.5. The molecule has 2 aliphatic carbocycles. The number of hydrogen-bond donors (Lipinski definition) is 2. The van der Waals surface area contributed by atoms with Gasteiger partial charge in [-0.3, -0.25) is 4.79 Å². The molecule has 1 amide bonds. The molecule has 2 saturated carbocycles. The van der Waals surface area contributed by atoms with Crippen LogP contribution in [-0.2, 0) is 9.84 Å². The number of fused-ring (bicyclic) bond motifs is 2. The van der Waals surface area contributed by atoms with Crippen molar-refractivity contribution in [3.63, 3.8) is 0 Å². The summed E-state index contributed by atoms with van der Waals surface area (Å²) in [6, 6.07) is 14.6. The molecule has 2 aliphatic rings. The van der Waals surface area contributed by atoms with Crippen LogP contribution >= 0.6 is 11.6 Å². The molecule has 2 fully saturated rings. The van der Waals surface area contributed by atoms with Gasteiger partial charge in [-0.15, -0.1) is 0 Å². The highest BCUT2D eigenvalue weighted by Gasteiger charge is 2.56. The quantitative estimate of drug-likeness (QED) is 0.374. The molecule has 5 atom stereocenters. The maximum atomic E-state index is 13.9. The molecule has 0 heterocycles. The van der Waals surface area contributed by atoms with Crippen LogP contribution in [0.4, 0.5) is 14.5 Å². The fourth-order valence-electron chi connectivity index (χ4n) is 6.25. The molecule has 0 aliphatic heterocycles. The van der Waals surface area contributed by atoms with Crippen molar-refractivity contribution in [2.75, 3.05) is 5.32 Å². The Hall–Kier alpha value is -2.81. The van der Waals surface area contributed by atoms with Crippen LogP contribution in [0, 0.1) is 29.4 Å². The number of halogens is 3. The van der Waals surface area contributed by atoms with Gasteiger partial charge >= 0.3 is 0 Å². The topological polar surface area (TPSA) is 83.5 Å². The number of anilines is 1. The van der Waals surface area contributed by atoms with Crippen molar-refractivity contribution in [1.82, 2.24) is 0 Å². The molecule has 3 aromatic carbocycles. The van der Waals surface area contributed by atoms with Gasteiger partial charge in [0.2, 0.25) is 0 Å². The summed E-state index contributed by atoms with van der Waals surface area (Å²) in [4.78, 5) is 13.3. The molecule has 9 heteroatoms. The van der Waals surface area contributed by atoms with Crippen molar-refractivity contribution in [3.05, 3.63) is 82.9 Å². The minimum Gasteiger partial charge on any atom is -0.390 e. The average molecular weight is 560 g/mol. The first-order valence-corrected chi connectivity index (χ1v) is 14.4. The Kier molecular flexibility index (Phi) is 6.86. The third kappa shape index (κ3) is 4.63. The number of carbonyl (C=O) groups excluding carboxylic acids is 1. The molecule has 2 bridgehead atoms. The normalized spacial score (nSPS) is 26.8. The van der Waals surface area contributed by atoms with Crippen LogP contribution in [0.2, 0.25) is 5.02 Å². The maximum Gasteiger partial charge on any atom is 0.256 e. The number of carbonyl (C=O) groups is 1. The third-order valence-corrected chi connectivity index (χ3v) is 10.9. The smallest absolute Gasteiger partial charge is 0.256 e. The Morgan fingerprint density at radius 3 is 2.39 bits per heavy atom. The fraction of sp³-hybridized carbons (Fsp3) is 0.345. The molecule has 0 spiro atoms. The summed E-state index contributed by atoms with van der Waals surface area (Å²) in [5.74, 6) is -2.97. The van der Waals surface area contributed by atoms with Crippen LogP contribution in [-0.4, -0.2) is 30.3 Å². The monoisotopic (exact) mass is 559 g/mol. The van der Waals surface area contributed by atoms with Crippen LogP contribution in [0.3, 0.4) is 0 Å². The van der Waals surface area contributed by atoms with Crippen molar-refractivity contribution < 1.29 is 27.1 Å². The number of aliphatic hydroxyl groups is 1. The van der Waals surface area contributed by atoms with E-state index >= 15 is 0 Å². The van der Waals surface area contributed by atoms with E-state index < -0.39 is 38.2 Å². The van der Waals surface area contributed by atoms with E-state index in [-0.39, 0.29) is 38.9 Å². The second-order valence-corrected chi connectivity index (χ2v) is 13.3. The van der Waals surface area contributed by atoms with Crippen molar-refractivity contribution in [2.24, 2.45) is 17.8 Å². The van der Waals surface area contributed by atoms with Crippen LogP contribution in [0.25, 0.3) is 11.1 Å². The fourth-order valence-corrected chi connectivity index (χ4v) is 8.66. The van der Waals surface area contributed by atoms with Gasteiger partial charge in [0.25, 0.3) is 5.91 Å². The third-order valence-electron chi connectivity index (χ3n) is 8.31. The number of rotatable bonds is 5. The van der Waals surface area contributed by atoms with Gasteiger partial charge in [-0.25, -0.2) is 17.2 Å². The molecule has 5 rings (SSSR count). The van der Waals surface area contributed by atoms with Crippen LogP contribution in [0.15, 0.2) is 65.6 Å². The summed E-state index contributed by atoms with van der Waals surface area (Å²) < 4.78 is 55.0. The summed E-state index contributed by atoms with van der Waals surface area (Å²) in [6.45, 7) is 3.83. The Morgan fingerprint density at radius 1 is 1.03 bits per heavy atom. The van der Waals surface area contributed by atoms with Crippen LogP contribution in [0.1, 0.15) is 43.5 Å². The molecule has 0 saturated heterocycles. The number of nitrogens with one attached hydrogen (secondary N) is 1. The van der Waals surface area contributed by atoms with Crippen LogP contribution in [0.5, 0.6) is 0 Å². The molecule has 0 aromatic heterocycles. The summed E-state index contributed by atoms with van der Waals surface area (Å²) in [5, 5.41) is 12.8. The highest BCUT2D eigenvalue weighted by Crippen LogP contribution is 2.54. The Bertz CT molecular complexity index is 1510. The van der Waals surface area contributed by atoms with E-state index in [4.69, 9.17) is 11.6 Å². The summed E-state index contributed by atoms with van der Waals surface area (Å²) in [6.07, 6.45) is 1.37. The van der Waals surface area contributed by atoms with E-state index in [9.17, 15) is 27.1 Å². The Morgan fingerprint density at radius 2 is 1.74 bits per heavy atom. The minimum atomic E-state index is -3.96. The molecule has 38 heavy (non-hydrogen) atoms. The summed E-state index contributed by atoms with van der Waals surface area (Å²) in [7, 11) is -3.96. The second-order valence-electron chi connectivity index (χ2n) is 10.7. The molecule has 3 aromatic rings. The van der Waals surface area contributed by atoms with E-state index in [0.29, 0.717) is 24.0 Å². The zero-order chi connectivity index (χ0) is 27.4. The first-order chi connectivity index (χ1) is 17.9. The number of amides is 1. The Labute approximate surface area is 225 Å². The molecular formula is C29H28ClF2NO4S. The molecule has 2 N–H and O–H groups in total. The molecular weight excluding hydrogens is 532 g/mol. The van der Waals surface area contributed by atoms with E-state index in [0.717, 1.165) is 18.6 Å². The number of hydrogen-bond acceptors (Lipinski definition) is 4. The highest BCUT2D eigenvalue weighted by molar-refractivity contribution is 7.92. The van der Waals surface area contributed by atoms with Gasteiger partial charge in [-0.1, -0.05) is 48.9 Å². The maximum absolute atomic E-state index is 13.9. The van der Waals surface area contributed by atoms with Gasteiger partial charge in [0.1, 0.15) is 0 Å². The number of sulfone groups is 1. The molecule has 3 unspecified atom stereocenters. The van der Waals surface area contributed by atoms with Crippen LogP contribution < -0.4 is 5.32 Å². The lowest BCUT2D eigenvalue weighted by Gasteiger charge is -2.40. The first-order valence-electron chi connectivity index (χ1n) is 12.5. The van der Waals surface area contributed by atoms with Gasteiger partial charge in [0.05, 0.1) is 20.8 Å². The van der Waals surface area contributed by atoms with E-state index in [1.807, 2.05) is 6.92 Å². The SMILES string of the molecule is C[C@H]1CC2CC(S(=O)(=O)c3cc(C(=O)Nc4ccc(F)c(F)c4)c(-c4ccccc4)cc3Cl)CC1[C@]2(C)O. The van der Waals surface area contributed by atoms with Gasteiger partial charge in [-0.05, 0) is 79.3 Å². The average Bonchev–Trinajstić information content (AvgIpc) is 2.99. The van der Waals surface area contributed by atoms with Gasteiger partial charge < -0.3 is 10.4 Å². The van der Waals surface area contributed by atoms with E-state index in [1.165, 1.54) is 18.2 Å². The lowest BCUT2D eigenvalue weighted by atomic mass is 9.74. The van der Waals surface area contributed by atoms with Gasteiger partial charge in [-0.2, -0.15) is 0 Å². The van der Waals surface area contributed by atoms with E-state index in [2.05, 4.69) is 5.32 Å². The number of benzene rings is 3. The van der Waals surface area contributed by atoms with Crippen molar-refractivity contribution in [3.8, 4) is 11.1 Å². The van der Waals surface area contributed by atoms with Crippen molar-refractivity contribution >= 4 is 33.0 Å². The first kappa shape index (κ1) is 26.8. The largest absolute Gasteiger partial charge is 0.390 e. The molecule has 200 valence electrons. The minimum absolute atomic E-state index is 0.00837. The summed E-state index contributed by atoms with van der Waals surface area (Å²) in [5.41, 5.74) is 0.168. The van der Waals surface area contributed by atoms with Crippen molar-refractivity contribution in [2.45, 2.75) is 48.9 Å². The lowest BCUT2D eigenvalue weighted by molar-refractivity contribution is -0.0466.